The van der Waals surface area contributed by atoms with Crippen LogP contribution in [0.1, 0.15) is 56.1 Å². The second kappa shape index (κ2) is 20.4. The molecule has 5 rings (SSSR count). The SMILES string of the molecule is NCCCC[C@H](NC(=O)[C@H](CCCN)NC(=O)[C@@H](Cc1c[nH]c2ccccc12)NC(=O)[C@@H](Cc1ccc2ccccc2c1)NC(=O)C1CCNCC1)C(N)=O. The Morgan fingerprint density at radius 1 is 0.673 bits per heavy atom. The van der Waals surface area contributed by atoms with E-state index < -0.39 is 47.8 Å². The summed E-state index contributed by atoms with van der Waals surface area (Å²) in [7, 11) is 0. The molecule has 0 spiro atoms. The minimum atomic E-state index is -1.15. The number of hydrogen-bond acceptors (Lipinski definition) is 8. The Labute approximate surface area is 321 Å². The highest BCUT2D eigenvalue weighted by molar-refractivity contribution is 5.96. The van der Waals surface area contributed by atoms with Crippen LogP contribution in [0.5, 0.6) is 0 Å². The summed E-state index contributed by atoms with van der Waals surface area (Å²) in [4.78, 5) is 71.3. The Bertz CT molecular complexity index is 1920. The lowest BCUT2D eigenvalue weighted by atomic mass is 9.95. The summed E-state index contributed by atoms with van der Waals surface area (Å²) in [5, 5.41) is 17.7. The molecule has 55 heavy (non-hydrogen) atoms. The zero-order valence-corrected chi connectivity index (χ0v) is 31.3. The molecule has 4 aromatic rings. The van der Waals surface area contributed by atoms with Crippen LogP contribution in [0.4, 0.5) is 0 Å². The Kier molecular flexibility index (Phi) is 15.2. The highest BCUT2D eigenvalue weighted by Crippen LogP contribution is 2.21. The second-order valence-electron chi connectivity index (χ2n) is 14.3. The van der Waals surface area contributed by atoms with Crippen molar-refractivity contribution < 1.29 is 24.0 Å². The van der Waals surface area contributed by atoms with Gasteiger partial charge in [-0.15, -0.1) is 0 Å². The number of carbonyl (C=O) groups excluding carboxylic acids is 5. The van der Waals surface area contributed by atoms with Crippen LogP contribution in [-0.4, -0.2) is 84.9 Å². The van der Waals surface area contributed by atoms with Crippen LogP contribution in [0.25, 0.3) is 21.7 Å². The van der Waals surface area contributed by atoms with E-state index in [2.05, 4.69) is 31.6 Å². The monoisotopic (exact) mass is 753 g/mol. The molecule has 1 aromatic heterocycles. The molecule has 294 valence electrons. The number of carbonyl (C=O) groups is 5. The lowest BCUT2D eigenvalue weighted by molar-refractivity contribution is -0.135. The predicted molar refractivity (Wildman–Crippen MR) is 213 cm³/mol. The first-order chi connectivity index (χ1) is 26.7. The van der Waals surface area contributed by atoms with Crippen molar-refractivity contribution in [1.82, 2.24) is 31.6 Å². The number of rotatable bonds is 20. The normalized spacial score (nSPS) is 15.5. The molecular formula is C41H55N9O5. The number of para-hydroxylation sites is 1. The summed E-state index contributed by atoms with van der Waals surface area (Å²) in [6.45, 7) is 2.11. The van der Waals surface area contributed by atoms with Gasteiger partial charge in [0.2, 0.25) is 29.5 Å². The van der Waals surface area contributed by atoms with Gasteiger partial charge in [-0.05, 0) is 99.1 Å². The maximum atomic E-state index is 14.4. The first-order valence-corrected chi connectivity index (χ1v) is 19.3. The third-order valence-corrected chi connectivity index (χ3v) is 10.3. The number of benzene rings is 3. The summed E-state index contributed by atoms with van der Waals surface area (Å²) in [6, 6.07) is 17.3. The summed E-state index contributed by atoms with van der Waals surface area (Å²) < 4.78 is 0. The van der Waals surface area contributed by atoms with E-state index in [0.717, 1.165) is 32.8 Å². The molecule has 3 aromatic carbocycles. The van der Waals surface area contributed by atoms with Gasteiger partial charge in [0.1, 0.15) is 24.2 Å². The molecule has 0 saturated carbocycles. The highest BCUT2D eigenvalue weighted by atomic mass is 16.2. The number of nitrogens with two attached hydrogens (primary N) is 3. The lowest BCUT2D eigenvalue weighted by Gasteiger charge is -2.28. The summed E-state index contributed by atoms with van der Waals surface area (Å²) >= 11 is 0. The van der Waals surface area contributed by atoms with E-state index in [0.29, 0.717) is 58.2 Å². The van der Waals surface area contributed by atoms with Gasteiger partial charge >= 0.3 is 0 Å². The quantitative estimate of drug-likeness (QED) is 0.0597. The number of amides is 5. The van der Waals surface area contributed by atoms with Crippen LogP contribution >= 0.6 is 0 Å². The summed E-state index contributed by atoms with van der Waals surface area (Å²) in [5.74, 6) is -2.88. The van der Waals surface area contributed by atoms with Gasteiger partial charge in [-0.3, -0.25) is 24.0 Å². The molecule has 1 saturated heterocycles. The molecule has 14 heteroatoms. The molecule has 0 bridgehead atoms. The van der Waals surface area contributed by atoms with Crippen molar-refractivity contribution in [3.8, 4) is 0 Å². The van der Waals surface area contributed by atoms with E-state index in [-0.39, 0.29) is 37.6 Å². The molecule has 0 unspecified atom stereocenters. The van der Waals surface area contributed by atoms with E-state index in [1.54, 1.807) is 6.20 Å². The molecule has 14 nitrogen and oxygen atoms in total. The van der Waals surface area contributed by atoms with Crippen LogP contribution in [0.2, 0.25) is 0 Å². The van der Waals surface area contributed by atoms with Gasteiger partial charge in [0.05, 0.1) is 0 Å². The van der Waals surface area contributed by atoms with E-state index in [1.807, 2.05) is 66.7 Å². The zero-order valence-electron chi connectivity index (χ0n) is 31.3. The van der Waals surface area contributed by atoms with E-state index >= 15 is 0 Å². The number of H-pyrrole nitrogens is 1. The fraction of sp³-hybridized carbons (Fsp3) is 0.439. The minimum absolute atomic E-state index is 0.0841. The number of piperidine rings is 1. The van der Waals surface area contributed by atoms with Crippen molar-refractivity contribution >= 4 is 51.2 Å². The van der Waals surface area contributed by atoms with Gasteiger partial charge in [-0.2, -0.15) is 0 Å². The Hall–Kier alpha value is -5.31. The van der Waals surface area contributed by atoms with Crippen LogP contribution in [0.3, 0.4) is 0 Å². The van der Waals surface area contributed by atoms with Crippen molar-refractivity contribution in [2.75, 3.05) is 26.2 Å². The second-order valence-corrected chi connectivity index (χ2v) is 14.3. The van der Waals surface area contributed by atoms with Crippen LogP contribution in [-0.2, 0) is 36.8 Å². The number of aromatic amines is 1. The van der Waals surface area contributed by atoms with Gasteiger partial charge in [0.25, 0.3) is 0 Å². The smallest absolute Gasteiger partial charge is 0.243 e. The molecule has 4 atom stereocenters. The third kappa shape index (κ3) is 11.6. The van der Waals surface area contributed by atoms with Gasteiger partial charge in [-0.25, -0.2) is 0 Å². The zero-order chi connectivity index (χ0) is 39.2. The molecule has 12 N–H and O–H groups in total. The first-order valence-electron chi connectivity index (χ1n) is 19.3. The highest BCUT2D eigenvalue weighted by Gasteiger charge is 2.33. The summed E-state index contributed by atoms with van der Waals surface area (Å²) in [5.41, 5.74) is 19.5. The Balaban J connectivity index is 1.41. The standard InChI is InChI=1S/C41H55N9O5/c42-18-6-5-12-33(37(44)51)47-39(53)34(13-7-19-43)48-41(55)36(24-30-25-46-32-11-4-3-10-31(30)32)50-40(54)35(49-38(52)28-16-20-45-21-17-28)23-26-14-15-27-8-1-2-9-29(27)22-26/h1-4,8-11,14-15,22,25,28,33-36,45-46H,5-7,12-13,16-21,23-24,42-43H2,(H2,44,51)(H,47,53)(H,48,55)(H,49,52)(H,50,54)/t33-,34-,35+,36+/m0/s1. The van der Waals surface area contributed by atoms with Gasteiger partial charge < -0.3 is 48.8 Å². The number of hydrogen-bond donors (Lipinski definition) is 9. The van der Waals surface area contributed by atoms with Crippen molar-refractivity contribution in [2.24, 2.45) is 23.1 Å². The lowest BCUT2D eigenvalue weighted by Crippen LogP contribution is -2.59. The Morgan fingerprint density at radius 3 is 2.02 bits per heavy atom. The maximum absolute atomic E-state index is 14.4. The predicted octanol–water partition coefficient (Wildman–Crippen LogP) is 1.40. The first kappa shape index (κ1) is 40.9. The van der Waals surface area contributed by atoms with Gasteiger partial charge in [-0.1, -0.05) is 60.7 Å². The molecule has 1 aliphatic heterocycles. The number of aromatic nitrogens is 1. The number of fused-ring (bicyclic) bond motifs is 2. The number of primary amides is 1. The average Bonchev–Trinajstić information content (AvgIpc) is 3.61. The largest absolute Gasteiger partial charge is 0.368 e. The maximum Gasteiger partial charge on any atom is 0.243 e. The average molecular weight is 754 g/mol. The molecule has 1 aliphatic rings. The minimum Gasteiger partial charge on any atom is -0.368 e. The topological polar surface area (TPSA) is 239 Å². The van der Waals surface area contributed by atoms with Crippen LogP contribution < -0.4 is 43.8 Å². The van der Waals surface area contributed by atoms with Gasteiger partial charge in [0.15, 0.2) is 0 Å². The van der Waals surface area contributed by atoms with Crippen molar-refractivity contribution in [1.29, 1.82) is 0 Å². The van der Waals surface area contributed by atoms with Crippen molar-refractivity contribution in [2.45, 2.75) is 82.0 Å². The van der Waals surface area contributed by atoms with Crippen LogP contribution in [0.15, 0.2) is 72.9 Å². The van der Waals surface area contributed by atoms with Crippen molar-refractivity contribution in [3.63, 3.8) is 0 Å². The van der Waals surface area contributed by atoms with Gasteiger partial charge in [0, 0.05) is 35.9 Å². The number of nitrogens with one attached hydrogen (secondary N) is 6. The molecule has 5 amide bonds. The van der Waals surface area contributed by atoms with Crippen LogP contribution in [0, 0.1) is 5.92 Å². The summed E-state index contributed by atoms with van der Waals surface area (Å²) in [6.07, 6.45) is 5.50. The third-order valence-electron chi connectivity index (χ3n) is 10.3. The molecule has 2 heterocycles. The molecule has 0 aliphatic carbocycles. The number of unbranched alkanes of at least 4 members (excludes halogenated alkanes) is 1. The molecule has 0 radical (unpaired) electrons. The van der Waals surface area contributed by atoms with E-state index in [4.69, 9.17) is 17.2 Å². The Morgan fingerprint density at radius 2 is 1.29 bits per heavy atom. The van der Waals surface area contributed by atoms with E-state index in [1.165, 1.54) is 0 Å². The molecule has 1 fully saturated rings. The fourth-order valence-electron chi connectivity index (χ4n) is 7.10. The van der Waals surface area contributed by atoms with E-state index in [9.17, 15) is 24.0 Å². The van der Waals surface area contributed by atoms with Crippen molar-refractivity contribution in [3.05, 3.63) is 84.1 Å². The molecular weight excluding hydrogens is 699 g/mol. The fourth-order valence-corrected chi connectivity index (χ4v) is 7.10.